The van der Waals surface area contributed by atoms with Crippen LogP contribution >= 0.6 is 0 Å². The summed E-state index contributed by atoms with van der Waals surface area (Å²) in [5.41, 5.74) is -2.22. The third kappa shape index (κ3) is 3.18. The predicted molar refractivity (Wildman–Crippen MR) is 60.5 cm³/mol. The maximum absolute atomic E-state index is 11.8. The van der Waals surface area contributed by atoms with Crippen molar-refractivity contribution in [2.45, 2.75) is 45.6 Å². The molecule has 1 amide bonds. The second-order valence-corrected chi connectivity index (χ2v) is 3.87. The lowest BCUT2D eigenvalue weighted by Gasteiger charge is -2.26. The van der Waals surface area contributed by atoms with E-state index in [1.807, 2.05) is 0 Å². The van der Waals surface area contributed by atoms with Crippen molar-refractivity contribution in [3.63, 3.8) is 0 Å². The predicted octanol–water partition coefficient (Wildman–Crippen LogP) is 0.857. The summed E-state index contributed by atoms with van der Waals surface area (Å²) in [6, 6.07) is 0. The average Bonchev–Trinajstić information content (AvgIpc) is 2.26. The Hall–Kier alpha value is -1.59. The molecule has 6 nitrogen and oxygen atoms in total. The van der Waals surface area contributed by atoms with Gasteiger partial charge in [0.2, 0.25) is 11.4 Å². The molecular weight excluding hydrogens is 226 g/mol. The maximum Gasteiger partial charge on any atom is 0.341 e. The zero-order chi connectivity index (χ0) is 13.6. The van der Waals surface area contributed by atoms with Crippen LogP contribution in [0.5, 0.6) is 0 Å². The molecule has 6 heteroatoms. The molecule has 0 saturated carbocycles. The molecule has 0 aliphatic carbocycles. The molecule has 98 valence electrons. The molecule has 0 aliphatic heterocycles. The van der Waals surface area contributed by atoms with Crippen molar-refractivity contribution in [2.24, 2.45) is 5.92 Å². The van der Waals surface area contributed by atoms with E-state index in [0.717, 1.165) is 0 Å². The smallest absolute Gasteiger partial charge is 0.341 e. The molecule has 0 bridgehead atoms. The second-order valence-electron chi connectivity index (χ2n) is 3.87. The summed E-state index contributed by atoms with van der Waals surface area (Å²) in [6.07, 6.45) is 0.881. The van der Waals surface area contributed by atoms with Crippen molar-refractivity contribution in [3.8, 4) is 0 Å². The lowest BCUT2D eigenvalue weighted by molar-refractivity contribution is -0.162. The molecule has 0 aromatic heterocycles. The first-order valence-corrected chi connectivity index (χ1v) is 5.64. The van der Waals surface area contributed by atoms with Crippen LogP contribution in [0.15, 0.2) is 0 Å². The number of carboxylic acids is 2. The Kier molecular flexibility index (Phi) is 5.64. The maximum atomic E-state index is 11.8. The molecule has 0 rings (SSSR count). The second kappa shape index (κ2) is 6.22. The van der Waals surface area contributed by atoms with Gasteiger partial charge in [0, 0.05) is 5.92 Å². The zero-order valence-electron chi connectivity index (χ0n) is 10.3. The Morgan fingerprint density at radius 2 is 1.47 bits per heavy atom. The highest BCUT2D eigenvalue weighted by Gasteiger charge is 2.47. The summed E-state index contributed by atoms with van der Waals surface area (Å²) >= 11 is 0. The van der Waals surface area contributed by atoms with Crippen LogP contribution in [-0.4, -0.2) is 33.6 Å². The molecule has 0 radical (unpaired) electrons. The molecule has 0 aromatic carbocycles. The van der Waals surface area contributed by atoms with E-state index in [1.54, 1.807) is 13.8 Å². The van der Waals surface area contributed by atoms with Crippen molar-refractivity contribution in [1.29, 1.82) is 0 Å². The van der Waals surface area contributed by atoms with Gasteiger partial charge in [0.15, 0.2) is 0 Å². The SMILES string of the molecule is CCC(CC)C(=O)NC(CC)(C(=O)O)C(=O)O. The van der Waals surface area contributed by atoms with E-state index >= 15 is 0 Å². The summed E-state index contributed by atoms with van der Waals surface area (Å²) in [5, 5.41) is 20.1. The molecule has 3 N–H and O–H groups in total. The van der Waals surface area contributed by atoms with E-state index in [0.29, 0.717) is 12.8 Å². The molecule has 0 atom stereocenters. The van der Waals surface area contributed by atoms with E-state index in [9.17, 15) is 14.4 Å². The zero-order valence-corrected chi connectivity index (χ0v) is 10.3. The van der Waals surface area contributed by atoms with Crippen molar-refractivity contribution in [3.05, 3.63) is 0 Å². The van der Waals surface area contributed by atoms with E-state index < -0.39 is 23.4 Å². The number of carboxylic acid groups (broad SMARTS) is 2. The molecule has 0 unspecified atom stereocenters. The first kappa shape index (κ1) is 15.4. The van der Waals surface area contributed by atoms with Gasteiger partial charge in [-0.1, -0.05) is 20.8 Å². The van der Waals surface area contributed by atoms with Gasteiger partial charge in [-0.05, 0) is 19.3 Å². The molecule has 0 aliphatic rings. The number of carbonyl (C=O) groups is 3. The Morgan fingerprint density at radius 3 is 1.71 bits per heavy atom. The van der Waals surface area contributed by atoms with E-state index in [4.69, 9.17) is 10.2 Å². The first-order chi connectivity index (χ1) is 7.85. The third-order valence-corrected chi connectivity index (χ3v) is 2.95. The number of hydrogen-bond donors (Lipinski definition) is 3. The number of carbonyl (C=O) groups excluding carboxylic acids is 1. The third-order valence-electron chi connectivity index (χ3n) is 2.95. The summed E-state index contributed by atoms with van der Waals surface area (Å²) in [6.45, 7) is 5.00. The standard InChI is InChI=1S/C11H19NO5/c1-4-7(5-2)8(13)12-11(6-3,9(14)15)10(16)17/h7H,4-6H2,1-3H3,(H,12,13)(H,14,15)(H,16,17). The molecule has 0 aromatic rings. The topological polar surface area (TPSA) is 104 Å². The number of rotatable bonds is 7. The van der Waals surface area contributed by atoms with E-state index in [-0.39, 0.29) is 12.3 Å². The average molecular weight is 245 g/mol. The molecule has 0 heterocycles. The van der Waals surface area contributed by atoms with Gasteiger partial charge in [0.25, 0.3) is 0 Å². The number of nitrogens with one attached hydrogen (secondary N) is 1. The van der Waals surface area contributed by atoms with Crippen LogP contribution in [0, 0.1) is 5.92 Å². The minimum absolute atomic E-state index is 0.205. The minimum Gasteiger partial charge on any atom is -0.479 e. The molecular formula is C11H19NO5. The monoisotopic (exact) mass is 245 g/mol. The van der Waals surface area contributed by atoms with Crippen LogP contribution < -0.4 is 5.32 Å². The summed E-state index contributed by atoms with van der Waals surface area (Å²) in [7, 11) is 0. The van der Waals surface area contributed by atoms with Gasteiger partial charge in [-0.3, -0.25) is 4.79 Å². The highest BCUT2D eigenvalue weighted by atomic mass is 16.4. The normalized spacial score (nSPS) is 11.3. The largest absolute Gasteiger partial charge is 0.479 e. The lowest BCUT2D eigenvalue weighted by Crippen LogP contribution is -2.60. The van der Waals surface area contributed by atoms with Gasteiger partial charge in [0.1, 0.15) is 0 Å². The highest BCUT2D eigenvalue weighted by Crippen LogP contribution is 2.15. The first-order valence-electron chi connectivity index (χ1n) is 5.64. The summed E-state index contributed by atoms with van der Waals surface area (Å²) < 4.78 is 0. The summed E-state index contributed by atoms with van der Waals surface area (Å²) in [5.74, 6) is -3.99. The minimum atomic E-state index is -2.22. The Balaban J connectivity index is 5.07. The van der Waals surface area contributed by atoms with Crippen molar-refractivity contribution < 1.29 is 24.6 Å². The fourth-order valence-corrected chi connectivity index (χ4v) is 1.56. The Labute approximate surface area is 100 Å². The number of amides is 1. The Bertz CT molecular complexity index is 295. The molecule has 17 heavy (non-hydrogen) atoms. The van der Waals surface area contributed by atoms with Gasteiger partial charge >= 0.3 is 11.9 Å². The van der Waals surface area contributed by atoms with Gasteiger partial charge in [0.05, 0.1) is 0 Å². The molecule has 0 saturated heterocycles. The number of hydrogen-bond acceptors (Lipinski definition) is 3. The molecule has 0 spiro atoms. The fourth-order valence-electron chi connectivity index (χ4n) is 1.56. The fraction of sp³-hybridized carbons (Fsp3) is 0.727. The van der Waals surface area contributed by atoms with Crippen LogP contribution in [0.4, 0.5) is 0 Å². The van der Waals surface area contributed by atoms with Gasteiger partial charge in [-0.15, -0.1) is 0 Å². The van der Waals surface area contributed by atoms with Crippen LogP contribution in [0.2, 0.25) is 0 Å². The molecule has 0 fully saturated rings. The van der Waals surface area contributed by atoms with Crippen LogP contribution in [0.1, 0.15) is 40.0 Å². The Morgan fingerprint density at radius 1 is 1.06 bits per heavy atom. The van der Waals surface area contributed by atoms with Crippen LogP contribution in [-0.2, 0) is 14.4 Å². The van der Waals surface area contributed by atoms with Crippen LogP contribution in [0.25, 0.3) is 0 Å². The van der Waals surface area contributed by atoms with Crippen molar-refractivity contribution in [2.75, 3.05) is 0 Å². The van der Waals surface area contributed by atoms with Crippen LogP contribution in [0.3, 0.4) is 0 Å². The van der Waals surface area contributed by atoms with Gasteiger partial charge in [-0.25, -0.2) is 9.59 Å². The van der Waals surface area contributed by atoms with Gasteiger partial charge in [-0.2, -0.15) is 0 Å². The van der Waals surface area contributed by atoms with E-state index in [2.05, 4.69) is 5.32 Å². The number of aliphatic carboxylic acids is 2. The van der Waals surface area contributed by atoms with Crippen molar-refractivity contribution >= 4 is 17.8 Å². The quantitative estimate of drug-likeness (QED) is 0.577. The van der Waals surface area contributed by atoms with Gasteiger partial charge < -0.3 is 15.5 Å². The highest BCUT2D eigenvalue weighted by molar-refractivity contribution is 6.06. The lowest BCUT2D eigenvalue weighted by atomic mass is 9.93. The van der Waals surface area contributed by atoms with Crippen molar-refractivity contribution in [1.82, 2.24) is 5.32 Å². The summed E-state index contributed by atoms with van der Waals surface area (Å²) in [4.78, 5) is 33.8. The van der Waals surface area contributed by atoms with E-state index in [1.165, 1.54) is 6.92 Å².